The molecule has 0 aromatic heterocycles. The first-order chi connectivity index (χ1) is 9.01. The van der Waals surface area contributed by atoms with Gasteiger partial charge < -0.3 is 15.2 Å². The molecule has 108 valence electrons. The zero-order valence-corrected chi connectivity index (χ0v) is 12.6. The fourth-order valence-electron chi connectivity index (χ4n) is 2.13. The summed E-state index contributed by atoms with van der Waals surface area (Å²) in [6.07, 6.45) is 1.97. The number of aliphatic hydroxyl groups is 1. The largest absolute Gasteiger partial charge is 0.491 e. The Labute approximate surface area is 117 Å². The Bertz CT molecular complexity index is 362. The van der Waals surface area contributed by atoms with Gasteiger partial charge in [-0.2, -0.15) is 0 Å². The van der Waals surface area contributed by atoms with Crippen molar-refractivity contribution in [3.05, 3.63) is 29.8 Å². The molecule has 3 nitrogen and oxygen atoms in total. The second kappa shape index (κ2) is 7.51. The Morgan fingerprint density at radius 1 is 1.26 bits per heavy atom. The van der Waals surface area contributed by atoms with Crippen LogP contribution < -0.4 is 10.1 Å². The van der Waals surface area contributed by atoms with Crippen LogP contribution in [0.25, 0.3) is 0 Å². The molecule has 0 amide bonds. The highest BCUT2D eigenvalue weighted by atomic mass is 16.5. The van der Waals surface area contributed by atoms with E-state index in [0.29, 0.717) is 6.42 Å². The number of rotatable bonds is 8. The van der Waals surface area contributed by atoms with Crippen LogP contribution in [-0.4, -0.2) is 24.4 Å². The molecule has 1 atom stereocenters. The Morgan fingerprint density at radius 2 is 1.89 bits per heavy atom. The monoisotopic (exact) mass is 265 g/mol. The molecule has 3 heteroatoms. The van der Waals surface area contributed by atoms with E-state index in [2.05, 4.69) is 31.3 Å². The maximum Gasteiger partial charge on any atom is 0.119 e. The van der Waals surface area contributed by atoms with Crippen molar-refractivity contribution < 1.29 is 9.84 Å². The Morgan fingerprint density at radius 3 is 2.37 bits per heavy atom. The van der Waals surface area contributed by atoms with Gasteiger partial charge in [-0.3, -0.25) is 0 Å². The number of hydrogen-bond donors (Lipinski definition) is 2. The molecular formula is C16H27NO2. The van der Waals surface area contributed by atoms with Crippen LogP contribution in [0.2, 0.25) is 0 Å². The Hall–Kier alpha value is -1.06. The summed E-state index contributed by atoms with van der Waals surface area (Å²) in [6, 6.07) is 8.16. The van der Waals surface area contributed by atoms with E-state index in [9.17, 15) is 5.11 Å². The van der Waals surface area contributed by atoms with Crippen molar-refractivity contribution in [3.63, 3.8) is 0 Å². The van der Waals surface area contributed by atoms with E-state index in [1.54, 1.807) is 0 Å². The maximum atomic E-state index is 9.27. The normalized spacial score (nSPS) is 14.4. The van der Waals surface area contributed by atoms with Crippen molar-refractivity contribution in [2.45, 2.75) is 52.2 Å². The smallest absolute Gasteiger partial charge is 0.119 e. The number of aliphatic hydroxyl groups excluding tert-OH is 1. The van der Waals surface area contributed by atoms with E-state index in [1.807, 2.05) is 26.0 Å². The molecule has 0 bridgehead atoms. The first kappa shape index (κ1) is 16.0. The quantitative estimate of drug-likeness (QED) is 0.759. The van der Waals surface area contributed by atoms with Crippen LogP contribution >= 0.6 is 0 Å². The SMILES string of the molecule is CCCNC(C)(CCO)c1ccc(OC(C)C)cc1. The van der Waals surface area contributed by atoms with E-state index in [4.69, 9.17) is 4.74 Å². The minimum Gasteiger partial charge on any atom is -0.491 e. The number of benzene rings is 1. The first-order valence-corrected chi connectivity index (χ1v) is 7.15. The van der Waals surface area contributed by atoms with Crippen LogP contribution in [0.1, 0.15) is 46.1 Å². The fraction of sp³-hybridized carbons (Fsp3) is 0.625. The highest BCUT2D eigenvalue weighted by Crippen LogP contribution is 2.26. The van der Waals surface area contributed by atoms with Crippen molar-refractivity contribution >= 4 is 0 Å². The molecule has 0 aliphatic rings. The molecule has 0 fully saturated rings. The average Bonchev–Trinajstić information content (AvgIpc) is 2.37. The van der Waals surface area contributed by atoms with Gasteiger partial charge in [0.05, 0.1) is 6.10 Å². The van der Waals surface area contributed by atoms with Crippen LogP contribution in [0, 0.1) is 0 Å². The molecule has 2 N–H and O–H groups in total. The molecule has 0 spiro atoms. The van der Waals surface area contributed by atoms with E-state index in [0.717, 1.165) is 18.7 Å². The van der Waals surface area contributed by atoms with E-state index < -0.39 is 0 Å². The summed E-state index contributed by atoms with van der Waals surface area (Å²) in [6.45, 7) is 9.44. The highest BCUT2D eigenvalue weighted by molar-refractivity contribution is 5.31. The van der Waals surface area contributed by atoms with Gasteiger partial charge in [0.2, 0.25) is 0 Å². The summed E-state index contributed by atoms with van der Waals surface area (Å²) in [7, 11) is 0. The van der Waals surface area contributed by atoms with Gasteiger partial charge in [0.15, 0.2) is 0 Å². The second-order valence-corrected chi connectivity index (χ2v) is 5.42. The van der Waals surface area contributed by atoms with E-state index in [1.165, 1.54) is 5.56 Å². The third kappa shape index (κ3) is 4.84. The molecule has 0 radical (unpaired) electrons. The predicted octanol–water partition coefficient (Wildman–Crippen LogP) is 3.07. The molecule has 0 saturated carbocycles. The molecule has 0 heterocycles. The minimum absolute atomic E-state index is 0.178. The van der Waals surface area contributed by atoms with Crippen LogP contribution in [0.5, 0.6) is 5.75 Å². The predicted molar refractivity (Wildman–Crippen MR) is 79.6 cm³/mol. The van der Waals surface area contributed by atoms with Gasteiger partial charge in [0, 0.05) is 12.1 Å². The van der Waals surface area contributed by atoms with Gasteiger partial charge in [-0.25, -0.2) is 0 Å². The van der Waals surface area contributed by atoms with E-state index >= 15 is 0 Å². The van der Waals surface area contributed by atoms with Gasteiger partial charge in [-0.05, 0) is 57.9 Å². The average molecular weight is 265 g/mol. The molecule has 1 unspecified atom stereocenters. The summed E-state index contributed by atoms with van der Waals surface area (Å²) in [5, 5.41) is 12.8. The molecule has 1 aromatic rings. The lowest BCUT2D eigenvalue weighted by molar-refractivity contribution is 0.220. The minimum atomic E-state index is -0.179. The van der Waals surface area contributed by atoms with Crippen molar-refractivity contribution in [2.24, 2.45) is 0 Å². The standard InChI is InChI=1S/C16H27NO2/c1-5-11-17-16(4,10-12-18)14-6-8-15(9-7-14)19-13(2)3/h6-9,13,17-18H,5,10-12H2,1-4H3. The lowest BCUT2D eigenvalue weighted by atomic mass is 9.88. The third-order valence-electron chi connectivity index (χ3n) is 3.24. The summed E-state index contributed by atoms with van der Waals surface area (Å²) < 4.78 is 5.65. The fourth-order valence-corrected chi connectivity index (χ4v) is 2.13. The third-order valence-corrected chi connectivity index (χ3v) is 3.24. The van der Waals surface area contributed by atoms with Gasteiger partial charge in [-0.15, -0.1) is 0 Å². The molecular weight excluding hydrogens is 238 g/mol. The van der Waals surface area contributed by atoms with Gasteiger partial charge in [-0.1, -0.05) is 19.1 Å². The van der Waals surface area contributed by atoms with Gasteiger partial charge >= 0.3 is 0 Å². The lowest BCUT2D eigenvalue weighted by Crippen LogP contribution is -2.40. The summed E-state index contributed by atoms with van der Waals surface area (Å²) >= 11 is 0. The molecule has 1 rings (SSSR count). The Balaban J connectivity index is 2.84. The van der Waals surface area contributed by atoms with Crippen LogP contribution in [-0.2, 0) is 5.54 Å². The van der Waals surface area contributed by atoms with Crippen molar-refractivity contribution in [1.29, 1.82) is 0 Å². The van der Waals surface area contributed by atoms with Crippen molar-refractivity contribution in [1.82, 2.24) is 5.32 Å². The lowest BCUT2D eigenvalue weighted by Gasteiger charge is -2.31. The highest BCUT2D eigenvalue weighted by Gasteiger charge is 2.24. The molecule has 0 aliphatic heterocycles. The number of ether oxygens (including phenoxy) is 1. The zero-order valence-electron chi connectivity index (χ0n) is 12.6. The van der Waals surface area contributed by atoms with Crippen LogP contribution in [0.3, 0.4) is 0 Å². The summed E-state index contributed by atoms with van der Waals surface area (Å²) in [4.78, 5) is 0. The molecule has 19 heavy (non-hydrogen) atoms. The first-order valence-electron chi connectivity index (χ1n) is 7.15. The van der Waals surface area contributed by atoms with Crippen LogP contribution in [0.4, 0.5) is 0 Å². The van der Waals surface area contributed by atoms with Gasteiger partial charge in [0.1, 0.15) is 5.75 Å². The van der Waals surface area contributed by atoms with Gasteiger partial charge in [0.25, 0.3) is 0 Å². The topological polar surface area (TPSA) is 41.5 Å². The summed E-state index contributed by atoms with van der Waals surface area (Å²) in [5.74, 6) is 0.889. The summed E-state index contributed by atoms with van der Waals surface area (Å²) in [5.41, 5.74) is 1.01. The number of hydrogen-bond acceptors (Lipinski definition) is 3. The van der Waals surface area contributed by atoms with E-state index in [-0.39, 0.29) is 18.2 Å². The second-order valence-electron chi connectivity index (χ2n) is 5.42. The van der Waals surface area contributed by atoms with Crippen LogP contribution in [0.15, 0.2) is 24.3 Å². The van der Waals surface area contributed by atoms with Crippen molar-refractivity contribution in [3.8, 4) is 5.75 Å². The van der Waals surface area contributed by atoms with Crippen molar-refractivity contribution in [2.75, 3.05) is 13.2 Å². The Kier molecular flexibility index (Phi) is 6.32. The molecule has 1 aromatic carbocycles. The molecule has 0 aliphatic carbocycles. The maximum absolute atomic E-state index is 9.27. The number of nitrogens with one attached hydrogen (secondary N) is 1. The molecule has 0 saturated heterocycles. The zero-order chi connectivity index (χ0) is 14.3.